The Labute approximate surface area is 220 Å². The van der Waals surface area contributed by atoms with Gasteiger partial charge in [-0.1, -0.05) is 109 Å². The summed E-state index contributed by atoms with van der Waals surface area (Å²) in [6.45, 7) is 2.62. The van der Waals surface area contributed by atoms with Crippen molar-refractivity contribution in [3.8, 4) is 0 Å². The van der Waals surface area contributed by atoms with E-state index in [1.165, 1.54) is 0 Å². The Kier molecular flexibility index (Phi) is 6.91. The summed E-state index contributed by atoms with van der Waals surface area (Å²) in [6, 6.07) is 33.6. The maximum Gasteiger partial charge on any atom is 0.281 e. The van der Waals surface area contributed by atoms with Crippen LogP contribution in [0.4, 0.5) is 0 Å². The molecule has 1 heterocycles. The summed E-state index contributed by atoms with van der Waals surface area (Å²) in [5, 5.41) is 17.6. The van der Waals surface area contributed by atoms with Crippen LogP contribution in [-0.4, -0.2) is 21.8 Å². The number of carbonyl (C=O) groups excluding carboxylic acids is 1. The van der Waals surface area contributed by atoms with Gasteiger partial charge in [0.2, 0.25) is 0 Å². The van der Waals surface area contributed by atoms with Crippen molar-refractivity contribution >= 4 is 34.6 Å². The Morgan fingerprint density at radius 1 is 0.892 bits per heavy atom. The molecule has 0 aliphatic heterocycles. The number of amides is 1. The van der Waals surface area contributed by atoms with E-state index in [4.69, 9.17) is 11.6 Å². The highest BCUT2D eigenvalue weighted by atomic mass is 35.5. The van der Waals surface area contributed by atoms with E-state index in [0.29, 0.717) is 22.7 Å². The van der Waals surface area contributed by atoms with Crippen molar-refractivity contribution in [3.63, 3.8) is 0 Å². The molecule has 0 atom stereocenters. The second-order valence-electron chi connectivity index (χ2n) is 8.84. The summed E-state index contributed by atoms with van der Waals surface area (Å²) in [4.78, 5) is 13.4. The van der Waals surface area contributed by atoms with Crippen molar-refractivity contribution < 1.29 is 9.90 Å². The topological polar surface area (TPSA) is 66.6 Å². The molecule has 0 radical (unpaired) electrons. The number of hydrazone groups is 1. The van der Waals surface area contributed by atoms with Crippen LogP contribution in [0.25, 0.3) is 10.9 Å². The molecule has 4 aromatic carbocycles. The van der Waals surface area contributed by atoms with Crippen molar-refractivity contribution in [2.75, 3.05) is 0 Å². The number of nitrogens with one attached hydrogen (secondary N) is 1. The number of benzene rings is 4. The lowest BCUT2D eigenvalue weighted by atomic mass is 9.85. The first kappa shape index (κ1) is 24.5. The molecule has 0 unspecified atom stereocenters. The minimum absolute atomic E-state index is 0.460. The number of para-hydroxylation sites is 1. The number of fused-ring (bicyclic) bond motifs is 1. The second-order valence-corrected chi connectivity index (χ2v) is 9.24. The van der Waals surface area contributed by atoms with Gasteiger partial charge in [-0.25, -0.2) is 5.43 Å². The fraction of sp³-hybridized carbons (Fsp3) is 0.0968. The van der Waals surface area contributed by atoms with Gasteiger partial charge < -0.3 is 9.67 Å². The summed E-state index contributed by atoms with van der Waals surface area (Å²) >= 11 is 6.44. The van der Waals surface area contributed by atoms with Crippen LogP contribution < -0.4 is 5.43 Å². The first-order valence-corrected chi connectivity index (χ1v) is 12.4. The zero-order chi connectivity index (χ0) is 25.8. The Morgan fingerprint density at radius 2 is 1.46 bits per heavy atom. The molecule has 1 amide bonds. The van der Waals surface area contributed by atoms with Crippen LogP contribution in [-0.2, 0) is 16.9 Å². The normalized spacial score (nSPS) is 11.8. The largest absolute Gasteiger partial charge is 0.372 e. The standard InChI is InChI=1S/C31H26ClN3O2/c1-22-27(26-17-9-11-19-29(26)35(22)21-23-12-8-10-18-28(23)32)20-33-34-30(36)31(37,24-13-4-2-5-14-24)25-15-6-3-7-16-25/h2-20,37H,21H2,1H3,(H,34,36)/b33-20-. The monoisotopic (exact) mass is 507 g/mol. The summed E-state index contributed by atoms with van der Waals surface area (Å²) in [5.74, 6) is -0.640. The molecule has 0 aliphatic carbocycles. The first-order valence-electron chi connectivity index (χ1n) is 12.0. The molecule has 0 saturated carbocycles. The molecule has 0 saturated heterocycles. The van der Waals surface area contributed by atoms with E-state index in [0.717, 1.165) is 27.7 Å². The predicted octanol–water partition coefficient (Wildman–Crippen LogP) is 6.04. The molecular weight excluding hydrogens is 482 g/mol. The van der Waals surface area contributed by atoms with Gasteiger partial charge in [0.05, 0.1) is 6.21 Å². The molecular formula is C31H26ClN3O2. The van der Waals surface area contributed by atoms with Gasteiger partial charge in [0.25, 0.3) is 5.91 Å². The van der Waals surface area contributed by atoms with Gasteiger partial charge in [0.1, 0.15) is 0 Å². The van der Waals surface area contributed by atoms with E-state index in [1.807, 2.05) is 61.5 Å². The lowest BCUT2D eigenvalue weighted by molar-refractivity contribution is -0.136. The van der Waals surface area contributed by atoms with Crippen molar-refractivity contribution in [2.45, 2.75) is 19.1 Å². The van der Waals surface area contributed by atoms with Crippen LogP contribution in [0.15, 0.2) is 114 Å². The van der Waals surface area contributed by atoms with Crippen LogP contribution in [0.5, 0.6) is 0 Å². The molecule has 5 nitrogen and oxygen atoms in total. The molecule has 6 heteroatoms. The van der Waals surface area contributed by atoms with Gasteiger partial charge in [0, 0.05) is 33.7 Å². The molecule has 0 aliphatic rings. The smallest absolute Gasteiger partial charge is 0.281 e. The fourth-order valence-corrected chi connectivity index (χ4v) is 4.84. The number of aliphatic hydroxyl groups is 1. The number of hydrogen-bond donors (Lipinski definition) is 2. The Morgan fingerprint density at radius 3 is 2.11 bits per heavy atom. The molecule has 5 rings (SSSR count). The summed E-state index contributed by atoms with van der Waals surface area (Å²) in [6.07, 6.45) is 1.63. The van der Waals surface area contributed by atoms with Crippen LogP contribution in [0, 0.1) is 6.92 Å². The van der Waals surface area contributed by atoms with Crippen LogP contribution in [0.2, 0.25) is 5.02 Å². The third kappa shape index (κ3) is 4.67. The molecule has 2 N–H and O–H groups in total. The van der Waals surface area contributed by atoms with Crippen LogP contribution in [0.3, 0.4) is 0 Å². The number of hydrogen-bond acceptors (Lipinski definition) is 3. The maximum atomic E-state index is 13.4. The first-order chi connectivity index (χ1) is 18.0. The quantitative estimate of drug-likeness (QED) is 0.208. The molecule has 5 aromatic rings. The van der Waals surface area contributed by atoms with Gasteiger partial charge in [-0.2, -0.15) is 5.10 Å². The number of carbonyl (C=O) groups is 1. The molecule has 0 bridgehead atoms. The van der Waals surface area contributed by atoms with E-state index >= 15 is 0 Å². The highest BCUT2D eigenvalue weighted by Crippen LogP contribution is 2.30. The third-order valence-corrected chi connectivity index (χ3v) is 7.01. The van der Waals surface area contributed by atoms with Crippen molar-refractivity contribution in [1.82, 2.24) is 9.99 Å². The fourth-order valence-electron chi connectivity index (χ4n) is 4.65. The minimum Gasteiger partial charge on any atom is -0.372 e. The van der Waals surface area contributed by atoms with Crippen molar-refractivity contribution in [1.29, 1.82) is 0 Å². The zero-order valence-corrected chi connectivity index (χ0v) is 21.1. The summed E-state index contributed by atoms with van der Waals surface area (Å²) < 4.78 is 2.18. The molecule has 37 heavy (non-hydrogen) atoms. The molecule has 0 spiro atoms. The lowest BCUT2D eigenvalue weighted by Crippen LogP contribution is -2.43. The minimum atomic E-state index is -1.90. The average molecular weight is 508 g/mol. The van der Waals surface area contributed by atoms with Gasteiger partial charge >= 0.3 is 0 Å². The Hall–Kier alpha value is -4.19. The van der Waals surface area contributed by atoms with E-state index < -0.39 is 11.5 Å². The predicted molar refractivity (Wildman–Crippen MR) is 149 cm³/mol. The second kappa shape index (κ2) is 10.4. The Balaban J connectivity index is 1.48. The van der Waals surface area contributed by atoms with Crippen molar-refractivity contribution in [2.24, 2.45) is 5.10 Å². The summed E-state index contributed by atoms with van der Waals surface area (Å²) in [5.41, 5.74) is 5.52. The van der Waals surface area contributed by atoms with Gasteiger partial charge in [0.15, 0.2) is 5.60 Å². The number of rotatable bonds is 7. The number of halogens is 1. The van der Waals surface area contributed by atoms with E-state index in [2.05, 4.69) is 21.2 Å². The SMILES string of the molecule is Cc1c(/C=N\NC(=O)C(O)(c2ccccc2)c2ccccc2)c2ccccc2n1Cc1ccccc1Cl. The van der Waals surface area contributed by atoms with Gasteiger partial charge in [-0.3, -0.25) is 4.79 Å². The average Bonchev–Trinajstić information content (AvgIpc) is 3.20. The third-order valence-electron chi connectivity index (χ3n) is 6.64. The van der Waals surface area contributed by atoms with Crippen LogP contribution >= 0.6 is 11.6 Å². The maximum absolute atomic E-state index is 13.4. The number of nitrogens with zero attached hydrogens (tertiary/aromatic N) is 2. The van der Waals surface area contributed by atoms with E-state index in [-0.39, 0.29) is 0 Å². The van der Waals surface area contributed by atoms with Gasteiger partial charge in [-0.15, -0.1) is 0 Å². The van der Waals surface area contributed by atoms with E-state index in [1.54, 1.807) is 54.7 Å². The Bertz CT molecular complexity index is 1540. The molecule has 1 aromatic heterocycles. The van der Waals surface area contributed by atoms with Crippen LogP contribution in [0.1, 0.15) is 27.9 Å². The summed E-state index contributed by atoms with van der Waals surface area (Å²) in [7, 11) is 0. The highest BCUT2D eigenvalue weighted by Gasteiger charge is 2.39. The van der Waals surface area contributed by atoms with Crippen molar-refractivity contribution in [3.05, 3.63) is 142 Å². The van der Waals surface area contributed by atoms with Gasteiger partial charge in [-0.05, 0) is 35.7 Å². The highest BCUT2D eigenvalue weighted by molar-refractivity contribution is 6.31. The number of aromatic nitrogens is 1. The molecule has 184 valence electrons. The lowest BCUT2D eigenvalue weighted by Gasteiger charge is -2.27. The molecule has 0 fully saturated rings. The van der Waals surface area contributed by atoms with E-state index in [9.17, 15) is 9.90 Å². The zero-order valence-electron chi connectivity index (χ0n) is 20.3.